The van der Waals surface area contributed by atoms with Crippen molar-refractivity contribution in [1.82, 2.24) is 19.7 Å². The molecule has 0 radical (unpaired) electrons. The summed E-state index contributed by atoms with van der Waals surface area (Å²) in [5.41, 5.74) is 6.00. The predicted octanol–water partition coefficient (Wildman–Crippen LogP) is 2.64. The number of hydrogen-bond donors (Lipinski definition) is 1. The van der Waals surface area contributed by atoms with E-state index in [9.17, 15) is 18.0 Å². The fourth-order valence-electron chi connectivity index (χ4n) is 2.02. The van der Waals surface area contributed by atoms with Crippen molar-refractivity contribution < 1.29 is 18.0 Å². The van der Waals surface area contributed by atoms with Crippen LogP contribution in [0.4, 0.5) is 13.2 Å². The van der Waals surface area contributed by atoms with Crippen molar-refractivity contribution in [1.29, 1.82) is 0 Å². The molecule has 0 aliphatic heterocycles. The fraction of sp³-hybridized carbons (Fsp3) is 0.0667. The van der Waals surface area contributed by atoms with Crippen molar-refractivity contribution in [2.75, 3.05) is 0 Å². The number of nitrogens with zero attached hydrogens (tertiary/aromatic N) is 4. The minimum atomic E-state index is -2.81. The minimum absolute atomic E-state index is 0.0370. The average molecular weight is 333 g/mol. The van der Waals surface area contributed by atoms with Gasteiger partial charge in [0, 0.05) is 11.8 Å². The molecular formula is C15H10F3N5O. The number of rotatable bonds is 4. The van der Waals surface area contributed by atoms with Gasteiger partial charge in [0.05, 0.1) is 5.69 Å². The summed E-state index contributed by atoms with van der Waals surface area (Å²) in [6.07, 6.45) is 1.07. The number of nitrogens with two attached hydrogens (primary N) is 1. The molecule has 24 heavy (non-hydrogen) atoms. The maximum absolute atomic E-state index is 13.0. The van der Waals surface area contributed by atoms with Crippen LogP contribution in [0, 0.1) is 5.82 Å². The fourth-order valence-corrected chi connectivity index (χ4v) is 2.02. The third-order valence-electron chi connectivity index (χ3n) is 3.16. The maximum Gasteiger partial charge on any atom is 0.333 e. The lowest BCUT2D eigenvalue weighted by molar-refractivity contribution is 0.0568. The van der Waals surface area contributed by atoms with E-state index in [2.05, 4.69) is 15.1 Å². The highest BCUT2D eigenvalue weighted by molar-refractivity contribution is 5.92. The molecular weight excluding hydrogens is 323 g/mol. The van der Waals surface area contributed by atoms with Crippen molar-refractivity contribution in [3.05, 3.63) is 54.1 Å². The van der Waals surface area contributed by atoms with Crippen LogP contribution >= 0.6 is 0 Å². The quantitative estimate of drug-likeness (QED) is 0.795. The summed E-state index contributed by atoms with van der Waals surface area (Å²) in [7, 11) is 0. The molecule has 3 aromatic rings. The molecule has 9 heteroatoms. The number of primary amides is 1. The molecule has 1 amide bonds. The van der Waals surface area contributed by atoms with Gasteiger partial charge in [-0.1, -0.05) is 0 Å². The molecule has 3 rings (SSSR count). The SMILES string of the molecule is NC(=O)c1cc(-c2ccc(F)cc2)nc(-c2ccn(C(F)F)n2)n1. The summed E-state index contributed by atoms with van der Waals surface area (Å²) in [5, 5.41) is 3.66. The van der Waals surface area contributed by atoms with Gasteiger partial charge in [0.15, 0.2) is 5.82 Å². The first-order chi connectivity index (χ1) is 11.4. The zero-order valence-electron chi connectivity index (χ0n) is 12.0. The van der Waals surface area contributed by atoms with Gasteiger partial charge in [0.1, 0.15) is 17.2 Å². The van der Waals surface area contributed by atoms with E-state index in [1.807, 2.05) is 0 Å². The monoisotopic (exact) mass is 333 g/mol. The molecule has 0 aliphatic rings. The predicted molar refractivity (Wildman–Crippen MR) is 78.4 cm³/mol. The van der Waals surface area contributed by atoms with Gasteiger partial charge in [0.25, 0.3) is 5.91 Å². The van der Waals surface area contributed by atoms with E-state index in [0.29, 0.717) is 15.9 Å². The van der Waals surface area contributed by atoms with Gasteiger partial charge in [-0.2, -0.15) is 13.9 Å². The van der Waals surface area contributed by atoms with Crippen LogP contribution in [0.3, 0.4) is 0 Å². The van der Waals surface area contributed by atoms with Crippen molar-refractivity contribution in [2.24, 2.45) is 5.73 Å². The lowest BCUT2D eigenvalue weighted by Gasteiger charge is -2.05. The van der Waals surface area contributed by atoms with Crippen molar-refractivity contribution in [2.45, 2.75) is 6.55 Å². The molecule has 2 N–H and O–H groups in total. The Bertz CT molecular complexity index is 892. The first-order valence-corrected chi connectivity index (χ1v) is 6.72. The Labute approximate surface area is 133 Å². The zero-order valence-corrected chi connectivity index (χ0v) is 12.0. The molecule has 0 unspecified atom stereocenters. The molecule has 0 aliphatic carbocycles. The largest absolute Gasteiger partial charge is 0.364 e. The number of alkyl halides is 2. The Morgan fingerprint density at radius 2 is 1.79 bits per heavy atom. The Hall–Kier alpha value is -3.23. The van der Waals surface area contributed by atoms with Crippen molar-refractivity contribution in [3.8, 4) is 22.8 Å². The Morgan fingerprint density at radius 3 is 2.38 bits per heavy atom. The summed E-state index contributed by atoms with van der Waals surface area (Å²) in [6.45, 7) is -2.81. The van der Waals surface area contributed by atoms with E-state index in [1.54, 1.807) is 0 Å². The molecule has 0 bridgehead atoms. The Balaban J connectivity index is 2.11. The zero-order chi connectivity index (χ0) is 17.3. The average Bonchev–Trinajstić information content (AvgIpc) is 3.05. The molecule has 0 atom stereocenters. The maximum atomic E-state index is 13.0. The van der Waals surface area contributed by atoms with Crippen LogP contribution in [0.5, 0.6) is 0 Å². The second-order valence-corrected chi connectivity index (χ2v) is 4.79. The van der Waals surface area contributed by atoms with E-state index < -0.39 is 18.3 Å². The second kappa shape index (κ2) is 6.11. The molecule has 2 heterocycles. The van der Waals surface area contributed by atoms with E-state index >= 15 is 0 Å². The van der Waals surface area contributed by atoms with Crippen LogP contribution in [-0.2, 0) is 0 Å². The number of hydrogen-bond acceptors (Lipinski definition) is 4. The van der Waals surface area contributed by atoms with Gasteiger partial charge < -0.3 is 5.73 Å². The highest BCUT2D eigenvalue weighted by Gasteiger charge is 2.15. The number of aromatic nitrogens is 4. The smallest absolute Gasteiger partial charge is 0.333 e. The summed E-state index contributed by atoms with van der Waals surface area (Å²) < 4.78 is 38.8. The molecule has 0 spiro atoms. The summed E-state index contributed by atoms with van der Waals surface area (Å²) >= 11 is 0. The first kappa shape index (κ1) is 15.7. The van der Waals surface area contributed by atoms with Gasteiger partial charge >= 0.3 is 6.55 Å². The summed E-state index contributed by atoms with van der Waals surface area (Å²) in [4.78, 5) is 19.6. The number of halogens is 3. The lowest BCUT2D eigenvalue weighted by Crippen LogP contribution is -2.14. The van der Waals surface area contributed by atoms with Crippen LogP contribution in [0.15, 0.2) is 42.6 Å². The van der Waals surface area contributed by atoms with Gasteiger partial charge in [-0.15, -0.1) is 0 Å². The summed E-state index contributed by atoms with van der Waals surface area (Å²) in [5.74, 6) is -1.28. The van der Waals surface area contributed by atoms with Crippen molar-refractivity contribution >= 4 is 5.91 Å². The van der Waals surface area contributed by atoms with Crippen LogP contribution in [0.2, 0.25) is 0 Å². The topological polar surface area (TPSA) is 86.7 Å². The molecule has 2 aromatic heterocycles. The van der Waals surface area contributed by atoms with Gasteiger partial charge in [0.2, 0.25) is 0 Å². The first-order valence-electron chi connectivity index (χ1n) is 6.72. The standard InChI is InChI=1S/C15H10F3N5O/c16-9-3-1-8(2-4-9)11-7-12(13(19)24)21-14(20-11)10-5-6-23(22-10)15(17)18/h1-7,15H,(H2,19,24). The van der Waals surface area contributed by atoms with E-state index in [1.165, 1.54) is 36.4 Å². The second-order valence-electron chi connectivity index (χ2n) is 4.79. The van der Waals surface area contributed by atoms with Crippen LogP contribution in [0.25, 0.3) is 22.8 Å². The highest BCUT2D eigenvalue weighted by Crippen LogP contribution is 2.22. The molecule has 6 nitrogen and oxygen atoms in total. The number of carbonyl (C=O) groups excluding carboxylic acids is 1. The lowest BCUT2D eigenvalue weighted by atomic mass is 10.1. The van der Waals surface area contributed by atoms with E-state index in [-0.39, 0.29) is 17.2 Å². The normalized spacial score (nSPS) is 11.0. The number of amides is 1. The molecule has 0 saturated heterocycles. The summed E-state index contributed by atoms with van der Waals surface area (Å²) in [6, 6.07) is 8.01. The molecule has 0 saturated carbocycles. The third-order valence-corrected chi connectivity index (χ3v) is 3.16. The van der Waals surface area contributed by atoms with Crippen LogP contribution < -0.4 is 5.73 Å². The Kier molecular flexibility index (Phi) is 3.98. The van der Waals surface area contributed by atoms with Crippen LogP contribution in [-0.4, -0.2) is 25.7 Å². The Morgan fingerprint density at radius 1 is 1.08 bits per heavy atom. The number of carbonyl (C=O) groups is 1. The van der Waals surface area contributed by atoms with Gasteiger partial charge in [-0.05, 0) is 36.4 Å². The van der Waals surface area contributed by atoms with Crippen LogP contribution in [0.1, 0.15) is 17.0 Å². The third kappa shape index (κ3) is 3.09. The molecule has 122 valence electrons. The van der Waals surface area contributed by atoms with Gasteiger partial charge in [-0.25, -0.2) is 19.0 Å². The highest BCUT2D eigenvalue weighted by atomic mass is 19.3. The molecule has 1 aromatic carbocycles. The van der Waals surface area contributed by atoms with Gasteiger partial charge in [-0.3, -0.25) is 4.79 Å². The van der Waals surface area contributed by atoms with E-state index in [4.69, 9.17) is 5.73 Å². The number of benzene rings is 1. The minimum Gasteiger partial charge on any atom is -0.364 e. The van der Waals surface area contributed by atoms with Crippen molar-refractivity contribution in [3.63, 3.8) is 0 Å². The molecule has 0 fully saturated rings. The van der Waals surface area contributed by atoms with E-state index in [0.717, 1.165) is 6.20 Å².